The minimum Gasteiger partial charge on any atom is -0.300 e. The fraction of sp³-hybridized carbons (Fsp3) is 0.478. The quantitative estimate of drug-likeness (QED) is 0.729. The maximum absolute atomic E-state index is 12.6. The zero-order valence-electron chi connectivity index (χ0n) is 17.1. The smallest absolute Gasteiger partial charge is 0.262 e. The van der Waals surface area contributed by atoms with Crippen molar-refractivity contribution in [2.75, 3.05) is 11.9 Å². The van der Waals surface area contributed by atoms with Gasteiger partial charge in [-0.05, 0) is 37.8 Å². The zero-order chi connectivity index (χ0) is 20.9. The highest BCUT2D eigenvalue weighted by Gasteiger charge is 2.36. The van der Waals surface area contributed by atoms with Crippen LogP contribution in [0.15, 0.2) is 24.3 Å². The molecular formula is C23H27N3O3S. The summed E-state index contributed by atoms with van der Waals surface area (Å²) in [5, 5.41) is 3.38. The summed E-state index contributed by atoms with van der Waals surface area (Å²) >= 11 is 1.53. The number of carbonyl (C=O) groups excluding carboxylic acids is 3. The maximum atomic E-state index is 12.6. The first-order chi connectivity index (χ1) is 14.6. The Morgan fingerprint density at radius 1 is 0.900 bits per heavy atom. The van der Waals surface area contributed by atoms with Crippen LogP contribution in [0, 0.1) is 0 Å². The van der Waals surface area contributed by atoms with Crippen molar-refractivity contribution in [2.45, 2.75) is 64.2 Å². The molecule has 158 valence electrons. The van der Waals surface area contributed by atoms with Crippen LogP contribution >= 0.6 is 11.3 Å². The lowest BCUT2D eigenvalue weighted by atomic mass is 10.0. The van der Waals surface area contributed by atoms with Crippen LogP contribution in [0.3, 0.4) is 0 Å². The molecule has 0 spiro atoms. The molecule has 7 heteroatoms. The number of fused-ring (bicyclic) bond motifs is 2. The highest BCUT2D eigenvalue weighted by Crippen LogP contribution is 2.28. The number of hydrogen-bond donors (Lipinski definition) is 1. The highest BCUT2D eigenvalue weighted by atomic mass is 32.1. The van der Waals surface area contributed by atoms with Crippen LogP contribution in [0.5, 0.6) is 0 Å². The zero-order valence-corrected chi connectivity index (χ0v) is 17.9. The van der Waals surface area contributed by atoms with E-state index in [-0.39, 0.29) is 6.54 Å². The Bertz CT molecular complexity index is 888. The van der Waals surface area contributed by atoms with Crippen LogP contribution in [0.4, 0.5) is 5.13 Å². The molecule has 0 saturated heterocycles. The predicted molar refractivity (Wildman–Crippen MR) is 117 cm³/mol. The summed E-state index contributed by atoms with van der Waals surface area (Å²) in [7, 11) is 0. The van der Waals surface area contributed by atoms with Gasteiger partial charge in [0.1, 0.15) is 6.54 Å². The monoisotopic (exact) mass is 425 g/mol. The van der Waals surface area contributed by atoms with E-state index in [9.17, 15) is 14.4 Å². The van der Waals surface area contributed by atoms with Gasteiger partial charge in [-0.2, -0.15) is 0 Å². The van der Waals surface area contributed by atoms with Crippen LogP contribution in [-0.4, -0.2) is 34.2 Å². The Morgan fingerprint density at radius 2 is 1.47 bits per heavy atom. The van der Waals surface area contributed by atoms with E-state index in [4.69, 9.17) is 0 Å². The lowest BCUT2D eigenvalue weighted by Crippen LogP contribution is -2.37. The SMILES string of the molecule is O=C(CN1C(=O)c2ccccc2C1=O)Nc1nc2c(s1)CCCCCCCCCC2. The average Bonchev–Trinajstić information content (AvgIpc) is 3.22. The van der Waals surface area contributed by atoms with E-state index < -0.39 is 17.7 Å². The Kier molecular flexibility index (Phi) is 6.57. The molecule has 0 atom stereocenters. The van der Waals surface area contributed by atoms with Crippen molar-refractivity contribution in [1.29, 1.82) is 0 Å². The number of nitrogens with zero attached hydrogens (tertiary/aromatic N) is 2. The molecule has 1 aliphatic heterocycles. The summed E-state index contributed by atoms with van der Waals surface area (Å²) in [5.74, 6) is -1.23. The topological polar surface area (TPSA) is 79.4 Å². The first-order valence-corrected chi connectivity index (χ1v) is 11.7. The molecule has 0 saturated carbocycles. The molecule has 0 fully saturated rings. The minimum absolute atomic E-state index is 0.295. The second-order valence-corrected chi connectivity index (χ2v) is 9.09. The number of nitrogens with one attached hydrogen (secondary N) is 1. The van der Waals surface area contributed by atoms with Crippen LogP contribution in [0.2, 0.25) is 0 Å². The molecule has 2 aliphatic rings. The molecular weight excluding hydrogens is 398 g/mol. The standard InChI is InChI=1S/C23H27N3O3S/c27-20(15-26-21(28)16-11-9-10-12-17(16)22(26)29)25-23-24-18-13-7-5-3-1-2-4-6-8-14-19(18)30-23/h9-12H,1-8,13-15H2,(H,24,25,27). The number of aromatic nitrogens is 1. The molecule has 0 unspecified atom stereocenters. The first-order valence-electron chi connectivity index (χ1n) is 10.9. The van der Waals surface area contributed by atoms with E-state index >= 15 is 0 Å². The van der Waals surface area contributed by atoms with E-state index in [0.717, 1.165) is 36.3 Å². The van der Waals surface area contributed by atoms with Crippen LogP contribution in [0.1, 0.15) is 82.7 Å². The van der Waals surface area contributed by atoms with Crippen molar-refractivity contribution in [3.63, 3.8) is 0 Å². The molecule has 2 aromatic rings. The minimum atomic E-state index is -0.420. The number of amides is 3. The molecule has 30 heavy (non-hydrogen) atoms. The summed E-state index contributed by atoms with van der Waals surface area (Å²) in [4.78, 5) is 44.4. The Hall–Kier alpha value is -2.54. The second kappa shape index (κ2) is 9.51. The number of imide groups is 1. The second-order valence-electron chi connectivity index (χ2n) is 8.01. The Balaban J connectivity index is 1.41. The van der Waals surface area contributed by atoms with E-state index in [2.05, 4.69) is 10.3 Å². The van der Waals surface area contributed by atoms with Crippen molar-refractivity contribution in [3.05, 3.63) is 46.0 Å². The molecule has 0 bridgehead atoms. The molecule has 1 aromatic heterocycles. The van der Waals surface area contributed by atoms with Gasteiger partial charge in [0.25, 0.3) is 11.8 Å². The molecule has 0 radical (unpaired) electrons. The van der Waals surface area contributed by atoms with Gasteiger partial charge in [0.05, 0.1) is 16.8 Å². The number of anilines is 1. The average molecular weight is 426 g/mol. The largest absolute Gasteiger partial charge is 0.300 e. The lowest BCUT2D eigenvalue weighted by molar-refractivity contribution is -0.116. The number of carbonyl (C=O) groups is 3. The summed E-state index contributed by atoms with van der Waals surface area (Å²) in [5.41, 5.74) is 1.80. The van der Waals surface area contributed by atoms with E-state index in [1.165, 1.54) is 54.7 Å². The van der Waals surface area contributed by atoms with Gasteiger partial charge in [0.2, 0.25) is 5.91 Å². The van der Waals surface area contributed by atoms with Gasteiger partial charge in [-0.3, -0.25) is 19.3 Å². The number of thiazole rings is 1. The van der Waals surface area contributed by atoms with Gasteiger partial charge in [-0.15, -0.1) is 11.3 Å². The van der Waals surface area contributed by atoms with Gasteiger partial charge >= 0.3 is 0 Å². The van der Waals surface area contributed by atoms with E-state index in [0.29, 0.717) is 16.3 Å². The molecule has 1 N–H and O–H groups in total. The van der Waals surface area contributed by atoms with E-state index in [1.807, 2.05) is 0 Å². The van der Waals surface area contributed by atoms with Crippen molar-refractivity contribution in [2.24, 2.45) is 0 Å². The third-order valence-electron chi connectivity index (χ3n) is 5.77. The van der Waals surface area contributed by atoms with Gasteiger partial charge in [-0.1, -0.05) is 50.7 Å². The van der Waals surface area contributed by atoms with Crippen molar-refractivity contribution in [3.8, 4) is 0 Å². The summed E-state index contributed by atoms with van der Waals surface area (Å²) in [6.07, 6.45) is 11.9. The number of benzene rings is 1. The molecule has 1 aromatic carbocycles. The van der Waals surface area contributed by atoms with Crippen LogP contribution in [0.25, 0.3) is 0 Å². The highest BCUT2D eigenvalue weighted by molar-refractivity contribution is 7.15. The van der Waals surface area contributed by atoms with Gasteiger partial charge in [-0.25, -0.2) is 4.98 Å². The maximum Gasteiger partial charge on any atom is 0.262 e. The third kappa shape index (κ3) is 4.61. The Labute approximate surface area is 180 Å². The Morgan fingerprint density at radius 3 is 2.10 bits per heavy atom. The number of aryl methyl sites for hydroxylation is 2. The fourth-order valence-electron chi connectivity index (χ4n) is 4.15. The summed E-state index contributed by atoms with van der Waals surface area (Å²) < 4.78 is 0. The molecule has 6 nitrogen and oxygen atoms in total. The normalized spacial score (nSPS) is 17.7. The lowest BCUT2D eigenvalue weighted by Gasteiger charge is -2.12. The number of hydrogen-bond acceptors (Lipinski definition) is 5. The van der Waals surface area contributed by atoms with Crippen molar-refractivity contribution < 1.29 is 14.4 Å². The fourth-order valence-corrected chi connectivity index (χ4v) is 5.22. The van der Waals surface area contributed by atoms with Gasteiger partial charge in [0, 0.05) is 4.88 Å². The first kappa shape index (κ1) is 20.7. The van der Waals surface area contributed by atoms with Gasteiger partial charge < -0.3 is 5.32 Å². The molecule has 2 heterocycles. The van der Waals surface area contributed by atoms with E-state index in [1.54, 1.807) is 24.3 Å². The predicted octanol–water partition coefficient (Wildman–Crippen LogP) is 4.60. The summed E-state index contributed by atoms with van der Waals surface area (Å²) in [6.45, 7) is -0.295. The van der Waals surface area contributed by atoms with Crippen LogP contribution < -0.4 is 5.32 Å². The van der Waals surface area contributed by atoms with Gasteiger partial charge in [0.15, 0.2) is 5.13 Å². The molecule has 4 rings (SSSR count). The van der Waals surface area contributed by atoms with Crippen molar-refractivity contribution in [1.82, 2.24) is 9.88 Å². The van der Waals surface area contributed by atoms with Crippen molar-refractivity contribution >= 4 is 34.2 Å². The molecule has 3 amide bonds. The van der Waals surface area contributed by atoms with Crippen LogP contribution in [-0.2, 0) is 17.6 Å². The molecule has 1 aliphatic carbocycles. The summed E-state index contributed by atoms with van der Waals surface area (Å²) in [6, 6.07) is 6.66. The number of rotatable bonds is 3. The third-order valence-corrected chi connectivity index (χ3v) is 6.84.